The zero-order chi connectivity index (χ0) is 17.1. The van der Waals surface area contributed by atoms with E-state index in [0.717, 1.165) is 22.0 Å². The predicted molar refractivity (Wildman–Crippen MR) is 94.1 cm³/mol. The second kappa shape index (κ2) is 7.20. The Hall–Kier alpha value is -2.10. The topological polar surface area (TPSA) is 66.2 Å². The fourth-order valence-corrected chi connectivity index (χ4v) is 3.72. The zero-order valence-corrected chi connectivity index (χ0v) is 14.7. The van der Waals surface area contributed by atoms with Crippen LogP contribution in [0.3, 0.4) is 0 Å². The molecule has 24 heavy (non-hydrogen) atoms. The van der Waals surface area contributed by atoms with Crippen molar-refractivity contribution in [1.29, 1.82) is 5.26 Å². The van der Waals surface area contributed by atoms with Gasteiger partial charge in [0.15, 0.2) is 0 Å². The summed E-state index contributed by atoms with van der Waals surface area (Å²) in [7, 11) is 0. The number of hydrogen-bond acceptors (Lipinski definition) is 5. The van der Waals surface area contributed by atoms with Crippen LogP contribution < -0.4 is 0 Å². The lowest BCUT2D eigenvalue weighted by molar-refractivity contribution is -0.132. The number of pyridine rings is 1. The molecule has 1 aromatic heterocycles. The standard InChI is InChI=1S/C18H19N3O2S/c1-12-7-13(2)17-14(8-12)9-15(10-19)18(20-17)24-11-16(22)21-3-5-23-6-4-21/h7-9H,3-6,11H2,1-2H3. The molecule has 1 fully saturated rings. The number of fused-ring (bicyclic) bond motifs is 1. The lowest BCUT2D eigenvalue weighted by atomic mass is 10.1. The molecule has 0 N–H and O–H groups in total. The number of ether oxygens (including phenoxy) is 1. The van der Waals surface area contributed by atoms with Crippen molar-refractivity contribution in [3.63, 3.8) is 0 Å². The number of aryl methyl sites for hydroxylation is 2. The van der Waals surface area contributed by atoms with Crippen LogP contribution in [0.5, 0.6) is 0 Å². The number of aromatic nitrogens is 1. The summed E-state index contributed by atoms with van der Waals surface area (Å²) in [6.45, 7) is 6.49. The van der Waals surface area contributed by atoms with Crippen molar-refractivity contribution in [2.24, 2.45) is 0 Å². The molecule has 0 bridgehead atoms. The smallest absolute Gasteiger partial charge is 0.233 e. The summed E-state index contributed by atoms with van der Waals surface area (Å²) in [6.07, 6.45) is 0. The average molecular weight is 341 g/mol. The molecule has 0 unspecified atom stereocenters. The molecule has 0 saturated carbocycles. The zero-order valence-electron chi connectivity index (χ0n) is 13.8. The second-order valence-electron chi connectivity index (χ2n) is 5.89. The first-order valence-electron chi connectivity index (χ1n) is 7.89. The number of nitrogens with zero attached hydrogens (tertiary/aromatic N) is 3. The van der Waals surface area contributed by atoms with E-state index in [1.807, 2.05) is 26.0 Å². The monoisotopic (exact) mass is 341 g/mol. The molecule has 0 atom stereocenters. The molecular formula is C18H19N3O2S. The number of rotatable bonds is 3. The molecule has 2 heterocycles. The van der Waals surface area contributed by atoms with Gasteiger partial charge in [0.05, 0.1) is 30.0 Å². The number of carbonyl (C=O) groups is 1. The van der Waals surface area contributed by atoms with Gasteiger partial charge in [0.25, 0.3) is 0 Å². The lowest BCUT2D eigenvalue weighted by Gasteiger charge is -2.26. The number of benzene rings is 1. The van der Waals surface area contributed by atoms with Gasteiger partial charge in [0, 0.05) is 18.5 Å². The van der Waals surface area contributed by atoms with Crippen LogP contribution >= 0.6 is 11.8 Å². The quantitative estimate of drug-likeness (QED) is 0.803. The molecule has 1 aromatic carbocycles. The minimum Gasteiger partial charge on any atom is -0.378 e. The Balaban J connectivity index is 1.83. The molecule has 1 aliphatic rings. The minimum atomic E-state index is 0.0646. The number of amides is 1. The van der Waals surface area contributed by atoms with Crippen molar-refractivity contribution >= 4 is 28.6 Å². The van der Waals surface area contributed by atoms with E-state index in [1.54, 1.807) is 4.90 Å². The first-order chi connectivity index (χ1) is 11.6. The van der Waals surface area contributed by atoms with Crippen LogP contribution in [0.25, 0.3) is 10.9 Å². The van der Waals surface area contributed by atoms with Gasteiger partial charge in [-0.2, -0.15) is 5.26 Å². The maximum Gasteiger partial charge on any atom is 0.233 e. The molecule has 1 saturated heterocycles. The van der Waals surface area contributed by atoms with Crippen LogP contribution in [-0.4, -0.2) is 47.8 Å². The summed E-state index contributed by atoms with van der Waals surface area (Å²) in [5, 5.41) is 11.0. The summed E-state index contributed by atoms with van der Waals surface area (Å²) in [4.78, 5) is 18.7. The highest BCUT2D eigenvalue weighted by molar-refractivity contribution is 8.00. The van der Waals surface area contributed by atoms with Gasteiger partial charge in [-0.1, -0.05) is 23.4 Å². The molecule has 5 nitrogen and oxygen atoms in total. The average Bonchev–Trinajstić information content (AvgIpc) is 2.59. The maximum absolute atomic E-state index is 12.3. The maximum atomic E-state index is 12.3. The third kappa shape index (κ3) is 3.53. The Morgan fingerprint density at radius 2 is 2.08 bits per heavy atom. The first kappa shape index (κ1) is 16.7. The highest BCUT2D eigenvalue weighted by Crippen LogP contribution is 2.27. The van der Waals surface area contributed by atoms with Crippen molar-refractivity contribution in [2.45, 2.75) is 18.9 Å². The number of nitriles is 1. The normalized spacial score (nSPS) is 14.6. The highest BCUT2D eigenvalue weighted by Gasteiger charge is 2.18. The fraction of sp³-hybridized carbons (Fsp3) is 0.389. The van der Waals surface area contributed by atoms with E-state index in [4.69, 9.17) is 4.74 Å². The van der Waals surface area contributed by atoms with E-state index in [1.165, 1.54) is 11.8 Å². The second-order valence-corrected chi connectivity index (χ2v) is 6.85. The summed E-state index contributed by atoms with van der Waals surface area (Å²) in [5.74, 6) is 0.354. The summed E-state index contributed by atoms with van der Waals surface area (Å²) in [6, 6.07) is 8.18. The van der Waals surface area contributed by atoms with Gasteiger partial charge in [0.1, 0.15) is 11.1 Å². The van der Waals surface area contributed by atoms with Crippen molar-refractivity contribution in [2.75, 3.05) is 32.1 Å². The van der Waals surface area contributed by atoms with Crippen molar-refractivity contribution in [1.82, 2.24) is 9.88 Å². The van der Waals surface area contributed by atoms with E-state index >= 15 is 0 Å². The molecular weight excluding hydrogens is 322 g/mol. The third-order valence-electron chi connectivity index (χ3n) is 4.03. The van der Waals surface area contributed by atoms with E-state index in [-0.39, 0.29) is 11.7 Å². The van der Waals surface area contributed by atoms with Crippen molar-refractivity contribution in [3.8, 4) is 6.07 Å². The van der Waals surface area contributed by atoms with E-state index in [2.05, 4.69) is 17.1 Å². The minimum absolute atomic E-state index is 0.0646. The van der Waals surface area contributed by atoms with Crippen LogP contribution in [-0.2, 0) is 9.53 Å². The van der Waals surface area contributed by atoms with Crippen LogP contribution in [0.1, 0.15) is 16.7 Å². The van der Waals surface area contributed by atoms with Gasteiger partial charge >= 0.3 is 0 Å². The van der Waals surface area contributed by atoms with E-state index in [0.29, 0.717) is 36.9 Å². The molecule has 0 radical (unpaired) electrons. The van der Waals surface area contributed by atoms with Crippen LogP contribution in [0.2, 0.25) is 0 Å². The summed E-state index contributed by atoms with van der Waals surface area (Å²) in [5.41, 5.74) is 3.64. The highest BCUT2D eigenvalue weighted by atomic mass is 32.2. The van der Waals surface area contributed by atoms with Crippen LogP contribution in [0.4, 0.5) is 0 Å². The molecule has 124 valence electrons. The molecule has 0 aliphatic carbocycles. The number of hydrogen-bond donors (Lipinski definition) is 0. The molecule has 3 rings (SSSR count). The van der Waals surface area contributed by atoms with E-state index in [9.17, 15) is 10.1 Å². The SMILES string of the molecule is Cc1cc(C)c2nc(SCC(=O)N3CCOCC3)c(C#N)cc2c1. The molecule has 0 spiro atoms. The Morgan fingerprint density at radius 1 is 1.33 bits per heavy atom. The number of thioether (sulfide) groups is 1. The molecule has 2 aromatic rings. The first-order valence-corrected chi connectivity index (χ1v) is 8.87. The van der Waals surface area contributed by atoms with E-state index < -0.39 is 0 Å². The third-order valence-corrected chi connectivity index (χ3v) is 5.01. The van der Waals surface area contributed by atoms with Gasteiger partial charge in [-0.15, -0.1) is 0 Å². The van der Waals surface area contributed by atoms with Gasteiger partial charge in [-0.3, -0.25) is 4.79 Å². The van der Waals surface area contributed by atoms with Gasteiger partial charge in [-0.25, -0.2) is 4.98 Å². The van der Waals surface area contributed by atoms with Gasteiger partial charge in [0.2, 0.25) is 5.91 Å². The molecule has 6 heteroatoms. The molecule has 1 aliphatic heterocycles. The Morgan fingerprint density at radius 3 is 2.79 bits per heavy atom. The van der Waals surface area contributed by atoms with Gasteiger partial charge < -0.3 is 9.64 Å². The predicted octanol–water partition coefficient (Wildman–Crippen LogP) is 2.67. The van der Waals surface area contributed by atoms with Crippen molar-refractivity contribution in [3.05, 3.63) is 34.9 Å². The summed E-state index contributed by atoms with van der Waals surface area (Å²) >= 11 is 1.34. The van der Waals surface area contributed by atoms with Crippen LogP contribution in [0.15, 0.2) is 23.2 Å². The lowest BCUT2D eigenvalue weighted by Crippen LogP contribution is -2.41. The summed E-state index contributed by atoms with van der Waals surface area (Å²) < 4.78 is 5.26. The fourth-order valence-electron chi connectivity index (χ4n) is 2.86. The number of morpholine rings is 1. The Labute approximate surface area is 145 Å². The molecule has 1 amide bonds. The van der Waals surface area contributed by atoms with Gasteiger partial charge in [-0.05, 0) is 31.5 Å². The largest absolute Gasteiger partial charge is 0.378 e. The Kier molecular flexibility index (Phi) is 5.03. The van der Waals surface area contributed by atoms with Crippen molar-refractivity contribution < 1.29 is 9.53 Å². The Bertz CT molecular complexity index is 823. The van der Waals surface area contributed by atoms with Crippen LogP contribution in [0, 0.1) is 25.2 Å². The number of carbonyl (C=O) groups excluding carboxylic acids is 1.